The third-order valence-electron chi connectivity index (χ3n) is 2.80. The Hall–Kier alpha value is -1.62. The Morgan fingerprint density at radius 3 is 2.85 bits per heavy atom. The highest BCUT2D eigenvalue weighted by Crippen LogP contribution is 2.15. The molecule has 5 nitrogen and oxygen atoms in total. The van der Waals surface area contributed by atoms with Gasteiger partial charge in [-0.15, -0.1) is 0 Å². The van der Waals surface area contributed by atoms with Gasteiger partial charge in [0.25, 0.3) is 5.91 Å². The van der Waals surface area contributed by atoms with Gasteiger partial charge in [0.2, 0.25) is 5.88 Å². The molecule has 112 valence electrons. The molecule has 0 fully saturated rings. The smallest absolute Gasteiger partial charge is 0.256 e. The molecule has 0 aliphatic carbocycles. The highest BCUT2D eigenvalue weighted by Gasteiger charge is 2.14. The molecule has 1 unspecified atom stereocenters. The highest BCUT2D eigenvalue weighted by molar-refractivity contribution is 5.96. The number of pyridine rings is 1. The summed E-state index contributed by atoms with van der Waals surface area (Å²) in [5.41, 5.74) is 0.448. The van der Waals surface area contributed by atoms with Gasteiger partial charge >= 0.3 is 0 Å². The van der Waals surface area contributed by atoms with Crippen LogP contribution in [-0.4, -0.2) is 35.8 Å². The van der Waals surface area contributed by atoms with Gasteiger partial charge in [-0.3, -0.25) is 4.79 Å². The van der Waals surface area contributed by atoms with Gasteiger partial charge in [-0.2, -0.15) is 0 Å². The van der Waals surface area contributed by atoms with Crippen molar-refractivity contribution in [2.24, 2.45) is 11.8 Å². The predicted molar refractivity (Wildman–Crippen MR) is 77.8 cm³/mol. The lowest BCUT2D eigenvalue weighted by Gasteiger charge is -2.14. The number of rotatable bonds is 8. The van der Waals surface area contributed by atoms with Crippen molar-refractivity contribution in [3.05, 3.63) is 23.9 Å². The number of aliphatic hydroxyl groups excluding tert-OH is 1. The van der Waals surface area contributed by atoms with Crippen molar-refractivity contribution in [2.45, 2.75) is 27.2 Å². The molecule has 1 heterocycles. The summed E-state index contributed by atoms with van der Waals surface area (Å²) in [4.78, 5) is 16.2. The van der Waals surface area contributed by atoms with E-state index in [1.165, 1.54) is 0 Å². The van der Waals surface area contributed by atoms with E-state index in [-0.39, 0.29) is 18.4 Å². The zero-order valence-corrected chi connectivity index (χ0v) is 12.4. The van der Waals surface area contributed by atoms with Crippen LogP contribution in [0.15, 0.2) is 18.3 Å². The van der Waals surface area contributed by atoms with Crippen LogP contribution in [-0.2, 0) is 0 Å². The average molecular weight is 280 g/mol. The van der Waals surface area contributed by atoms with Crippen molar-refractivity contribution in [1.82, 2.24) is 10.3 Å². The number of carbonyl (C=O) groups is 1. The molecule has 0 spiro atoms. The number of hydrogen-bond donors (Lipinski definition) is 2. The molecule has 0 aliphatic rings. The molecule has 0 aliphatic heterocycles. The van der Waals surface area contributed by atoms with Gasteiger partial charge < -0.3 is 15.2 Å². The minimum atomic E-state index is -0.193. The summed E-state index contributed by atoms with van der Waals surface area (Å²) in [5.74, 6) is 0.785. The first kappa shape index (κ1) is 16.4. The maximum Gasteiger partial charge on any atom is 0.256 e. The summed E-state index contributed by atoms with van der Waals surface area (Å²) in [5, 5.41) is 11.7. The monoisotopic (exact) mass is 280 g/mol. The van der Waals surface area contributed by atoms with E-state index < -0.39 is 0 Å². The van der Waals surface area contributed by atoms with Gasteiger partial charge in [-0.1, -0.05) is 20.8 Å². The second-order valence-corrected chi connectivity index (χ2v) is 5.39. The zero-order valence-electron chi connectivity index (χ0n) is 12.4. The standard InChI is InChI=1S/C15H24N2O3/c1-11(2)10-20-15-13(5-4-7-16-15)14(19)17-9-12(3)6-8-18/h4-5,7,11-12,18H,6,8-10H2,1-3H3,(H,17,19). The summed E-state index contributed by atoms with van der Waals surface area (Å²) in [7, 11) is 0. The summed E-state index contributed by atoms with van der Waals surface area (Å²) < 4.78 is 5.56. The summed E-state index contributed by atoms with van der Waals surface area (Å²) in [6.07, 6.45) is 2.28. The quantitative estimate of drug-likeness (QED) is 0.762. The number of nitrogens with one attached hydrogen (secondary N) is 1. The third-order valence-corrected chi connectivity index (χ3v) is 2.80. The Labute approximate surface area is 120 Å². The van der Waals surface area contributed by atoms with Crippen LogP contribution in [0.1, 0.15) is 37.6 Å². The third kappa shape index (κ3) is 5.57. The molecular formula is C15H24N2O3. The second kappa shape index (κ2) is 8.53. The van der Waals surface area contributed by atoms with Gasteiger partial charge in [0, 0.05) is 19.3 Å². The fourth-order valence-electron chi connectivity index (χ4n) is 1.61. The molecule has 0 saturated carbocycles. The molecule has 0 aromatic carbocycles. The number of aromatic nitrogens is 1. The molecule has 1 aromatic heterocycles. The fraction of sp³-hybridized carbons (Fsp3) is 0.600. The number of ether oxygens (including phenoxy) is 1. The van der Waals surface area contributed by atoms with Crippen LogP contribution in [0.3, 0.4) is 0 Å². The zero-order chi connectivity index (χ0) is 15.0. The lowest BCUT2D eigenvalue weighted by molar-refractivity contribution is 0.0939. The van der Waals surface area contributed by atoms with Crippen molar-refractivity contribution in [3.63, 3.8) is 0 Å². The number of hydrogen-bond acceptors (Lipinski definition) is 4. The Kier molecular flexibility index (Phi) is 7.01. The average Bonchev–Trinajstić information content (AvgIpc) is 2.43. The molecule has 1 aromatic rings. The Morgan fingerprint density at radius 1 is 1.45 bits per heavy atom. The maximum atomic E-state index is 12.1. The first-order chi connectivity index (χ1) is 9.54. The molecule has 1 amide bonds. The van der Waals surface area contributed by atoms with E-state index in [1.54, 1.807) is 18.3 Å². The first-order valence-corrected chi connectivity index (χ1v) is 7.01. The Morgan fingerprint density at radius 2 is 2.20 bits per heavy atom. The van der Waals surface area contributed by atoms with Crippen molar-refractivity contribution in [1.29, 1.82) is 0 Å². The highest BCUT2D eigenvalue weighted by atomic mass is 16.5. The van der Waals surface area contributed by atoms with Crippen LogP contribution >= 0.6 is 0 Å². The van der Waals surface area contributed by atoms with Crippen LogP contribution < -0.4 is 10.1 Å². The molecule has 1 atom stereocenters. The van der Waals surface area contributed by atoms with Crippen molar-refractivity contribution in [3.8, 4) is 5.88 Å². The van der Waals surface area contributed by atoms with E-state index in [0.29, 0.717) is 36.9 Å². The van der Waals surface area contributed by atoms with Crippen LogP contribution in [0.2, 0.25) is 0 Å². The Bertz CT molecular complexity index is 421. The van der Waals surface area contributed by atoms with E-state index in [9.17, 15) is 4.79 Å². The molecule has 5 heteroatoms. The molecule has 1 rings (SSSR count). The molecule has 0 bridgehead atoms. The first-order valence-electron chi connectivity index (χ1n) is 7.01. The minimum Gasteiger partial charge on any atom is -0.477 e. The normalized spacial score (nSPS) is 12.2. The summed E-state index contributed by atoms with van der Waals surface area (Å²) in [6, 6.07) is 3.42. The van der Waals surface area contributed by atoms with Gasteiger partial charge in [0.15, 0.2) is 0 Å². The number of carbonyl (C=O) groups excluding carboxylic acids is 1. The number of amides is 1. The van der Waals surface area contributed by atoms with Gasteiger partial charge in [-0.25, -0.2) is 4.98 Å². The van der Waals surface area contributed by atoms with E-state index in [0.717, 1.165) is 0 Å². The lowest BCUT2D eigenvalue weighted by Crippen LogP contribution is -2.29. The largest absolute Gasteiger partial charge is 0.477 e. The van der Waals surface area contributed by atoms with Gasteiger partial charge in [0.1, 0.15) is 5.56 Å². The topological polar surface area (TPSA) is 71.5 Å². The van der Waals surface area contributed by atoms with E-state index in [4.69, 9.17) is 9.84 Å². The van der Waals surface area contributed by atoms with Crippen molar-refractivity contribution < 1.29 is 14.6 Å². The van der Waals surface area contributed by atoms with Crippen LogP contribution in [0.4, 0.5) is 0 Å². The number of nitrogens with zero attached hydrogens (tertiary/aromatic N) is 1. The number of aliphatic hydroxyl groups is 1. The van der Waals surface area contributed by atoms with E-state index >= 15 is 0 Å². The molecular weight excluding hydrogens is 256 g/mol. The summed E-state index contributed by atoms with van der Waals surface area (Å²) >= 11 is 0. The maximum absolute atomic E-state index is 12.1. The van der Waals surface area contributed by atoms with Crippen LogP contribution in [0.5, 0.6) is 5.88 Å². The van der Waals surface area contributed by atoms with Crippen molar-refractivity contribution in [2.75, 3.05) is 19.8 Å². The predicted octanol–water partition coefficient (Wildman–Crippen LogP) is 1.86. The minimum absolute atomic E-state index is 0.132. The Balaban J connectivity index is 2.62. The van der Waals surface area contributed by atoms with Gasteiger partial charge in [0.05, 0.1) is 6.61 Å². The molecule has 0 radical (unpaired) electrons. The summed E-state index contributed by atoms with van der Waals surface area (Å²) in [6.45, 7) is 7.25. The molecule has 2 N–H and O–H groups in total. The van der Waals surface area contributed by atoms with E-state index in [1.807, 2.05) is 20.8 Å². The van der Waals surface area contributed by atoms with Crippen LogP contribution in [0, 0.1) is 11.8 Å². The van der Waals surface area contributed by atoms with Gasteiger partial charge in [-0.05, 0) is 30.4 Å². The fourth-order valence-corrected chi connectivity index (χ4v) is 1.61. The van der Waals surface area contributed by atoms with Crippen molar-refractivity contribution >= 4 is 5.91 Å². The lowest BCUT2D eigenvalue weighted by atomic mass is 10.1. The molecule has 0 saturated heterocycles. The molecule has 20 heavy (non-hydrogen) atoms. The second-order valence-electron chi connectivity index (χ2n) is 5.39. The van der Waals surface area contributed by atoms with Crippen LogP contribution in [0.25, 0.3) is 0 Å². The SMILES string of the molecule is CC(C)COc1ncccc1C(=O)NCC(C)CCO. The van der Waals surface area contributed by atoms with E-state index in [2.05, 4.69) is 10.3 Å².